The molecule has 0 aromatic carbocycles. The van der Waals surface area contributed by atoms with Crippen LogP contribution in [0.1, 0.15) is 187 Å². The summed E-state index contributed by atoms with van der Waals surface area (Å²) in [5, 5.41) is 54.0. The average molecular weight is 896 g/mol. The van der Waals surface area contributed by atoms with E-state index in [2.05, 4.69) is 104 Å². The van der Waals surface area contributed by atoms with Crippen molar-refractivity contribution in [3.63, 3.8) is 0 Å². The molecular weight excluding hydrogens is 803 g/mol. The number of hydrogen-bond acceptors (Lipinski definition) is 8. The lowest BCUT2D eigenvalue weighted by Crippen LogP contribution is -2.60. The number of rotatable bonds is 41. The van der Waals surface area contributed by atoms with Crippen molar-refractivity contribution >= 4 is 5.91 Å². The number of allylic oxidation sites excluding steroid dienone is 15. The molecule has 1 aliphatic heterocycles. The maximum Gasteiger partial charge on any atom is 0.220 e. The molecule has 0 aromatic heterocycles. The lowest BCUT2D eigenvalue weighted by Gasteiger charge is -2.40. The highest BCUT2D eigenvalue weighted by Gasteiger charge is 2.44. The van der Waals surface area contributed by atoms with Crippen LogP contribution in [0.5, 0.6) is 0 Å². The van der Waals surface area contributed by atoms with E-state index in [9.17, 15) is 30.3 Å². The van der Waals surface area contributed by atoms with Gasteiger partial charge in [0.15, 0.2) is 6.29 Å². The van der Waals surface area contributed by atoms with E-state index < -0.39 is 49.5 Å². The Morgan fingerprint density at radius 1 is 0.547 bits per heavy atom. The van der Waals surface area contributed by atoms with Crippen molar-refractivity contribution in [2.45, 2.75) is 230 Å². The van der Waals surface area contributed by atoms with Gasteiger partial charge in [-0.05, 0) is 77.0 Å². The summed E-state index contributed by atoms with van der Waals surface area (Å²) < 4.78 is 11.2. The van der Waals surface area contributed by atoms with Gasteiger partial charge in [0.25, 0.3) is 0 Å². The van der Waals surface area contributed by atoms with Crippen molar-refractivity contribution in [3.05, 3.63) is 97.2 Å². The van der Waals surface area contributed by atoms with Crippen LogP contribution in [0, 0.1) is 0 Å². The summed E-state index contributed by atoms with van der Waals surface area (Å²) in [5.74, 6) is -0.196. The van der Waals surface area contributed by atoms with E-state index >= 15 is 0 Å². The van der Waals surface area contributed by atoms with Crippen LogP contribution in [0.4, 0.5) is 0 Å². The smallest absolute Gasteiger partial charge is 0.220 e. The second kappa shape index (κ2) is 44.0. The first-order valence-corrected chi connectivity index (χ1v) is 25.5. The normalized spacial score (nSPS) is 20.9. The van der Waals surface area contributed by atoms with E-state index in [0.717, 1.165) is 89.9 Å². The third-order valence-electron chi connectivity index (χ3n) is 11.4. The molecule has 1 heterocycles. The fraction of sp³-hybridized carbons (Fsp3) is 0.691. The number of ether oxygens (including phenoxy) is 2. The van der Waals surface area contributed by atoms with Crippen molar-refractivity contribution in [1.82, 2.24) is 5.32 Å². The highest BCUT2D eigenvalue weighted by atomic mass is 16.7. The Hall–Kier alpha value is -2.89. The predicted octanol–water partition coefficient (Wildman–Crippen LogP) is 11.7. The molecular formula is C55H93NO8. The molecule has 9 heteroatoms. The zero-order valence-electron chi connectivity index (χ0n) is 40.2. The summed E-state index contributed by atoms with van der Waals surface area (Å²) in [6.07, 6.45) is 56.4. The molecule has 64 heavy (non-hydrogen) atoms. The molecule has 0 aromatic rings. The molecule has 9 nitrogen and oxygen atoms in total. The number of carbonyl (C=O) groups excluding carboxylic acids is 1. The Balaban J connectivity index is 2.12. The Morgan fingerprint density at radius 2 is 0.984 bits per heavy atom. The predicted molar refractivity (Wildman–Crippen MR) is 267 cm³/mol. The van der Waals surface area contributed by atoms with Crippen LogP contribution < -0.4 is 5.32 Å². The first-order chi connectivity index (χ1) is 31.3. The van der Waals surface area contributed by atoms with E-state index in [1.807, 2.05) is 6.08 Å². The summed E-state index contributed by atoms with van der Waals surface area (Å²) in [5.41, 5.74) is 0. The molecule has 1 aliphatic rings. The minimum atomic E-state index is -1.57. The van der Waals surface area contributed by atoms with Gasteiger partial charge >= 0.3 is 0 Å². The molecule has 0 saturated carbocycles. The average Bonchev–Trinajstić information content (AvgIpc) is 3.29. The van der Waals surface area contributed by atoms with Gasteiger partial charge in [-0.25, -0.2) is 0 Å². The Bertz CT molecular complexity index is 1320. The maximum absolute atomic E-state index is 12.9. The second-order valence-corrected chi connectivity index (χ2v) is 17.2. The fourth-order valence-electron chi connectivity index (χ4n) is 7.34. The van der Waals surface area contributed by atoms with Gasteiger partial charge in [0.05, 0.1) is 25.4 Å². The third-order valence-corrected chi connectivity index (χ3v) is 11.4. The summed E-state index contributed by atoms with van der Waals surface area (Å²) in [6.45, 7) is 3.55. The van der Waals surface area contributed by atoms with Gasteiger partial charge in [-0.3, -0.25) is 4.79 Å². The SMILES string of the molecule is CC/C=C\C/C=C\C/C=C\C/C=C\C/C=C\C/C=C\CCCCCCCCCCCCCCCCC(=O)NC(COC1OC(CO)C(O)C(O)C1O)C(O)/C=C/CC/C=C/CCCC. The van der Waals surface area contributed by atoms with E-state index in [1.54, 1.807) is 6.08 Å². The molecule has 1 fully saturated rings. The van der Waals surface area contributed by atoms with Crippen molar-refractivity contribution in [2.24, 2.45) is 0 Å². The van der Waals surface area contributed by atoms with E-state index in [1.165, 1.54) is 77.0 Å². The van der Waals surface area contributed by atoms with Gasteiger partial charge in [0.1, 0.15) is 24.4 Å². The Kier molecular flexibility index (Phi) is 40.6. The van der Waals surface area contributed by atoms with Gasteiger partial charge in [-0.2, -0.15) is 0 Å². The molecule has 7 unspecified atom stereocenters. The first kappa shape index (κ1) is 59.1. The molecule has 7 atom stereocenters. The molecule has 366 valence electrons. The molecule has 1 saturated heterocycles. The lowest BCUT2D eigenvalue weighted by atomic mass is 9.99. The standard InChI is InChI=1S/C55H93NO8/c1-3-5-7-9-11-13-14-15-16-17-18-19-20-21-22-23-24-25-26-27-28-29-30-31-32-33-34-35-36-37-39-41-43-45-51(59)56-48(49(58)44-42-40-38-12-10-8-6-4-2)47-63-55-54(62)53(61)52(60)50(46-57)64-55/h5,7,10-13,15-16,18-19,21-22,24-25,42,44,48-50,52-55,57-58,60-62H,3-4,6,8-9,14,17,20,23,26-41,43,45-47H2,1-2H3,(H,56,59)/b7-5-,12-10+,13-11-,16-15-,19-18-,22-21-,25-24-,44-42+. The zero-order chi connectivity index (χ0) is 46.6. The molecule has 1 rings (SSSR count). The fourth-order valence-corrected chi connectivity index (χ4v) is 7.34. The number of aliphatic hydroxyl groups excluding tert-OH is 5. The Morgan fingerprint density at radius 3 is 1.50 bits per heavy atom. The highest BCUT2D eigenvalue weighted by Crippen LogP contribution is 2.22. The summed E-state index contributed by atoms with van der Waals surface area (Å²) in [7, 11) is 0. The largest absolute Gasteiger partial charge is 0.394 e. The van der Waals surface area contributed by atoms with Crippen molar-refractivity contribution in [1.29, 1.82) is 0 Å². The number of amides is 1. The minimum absolute atomic E-state index is 0.196. The van der Waals surface area contributed by atoms with Crippen LogP contribution in [-0.4, -0.2) is 87.5 Å². The van der Waals surface area contributed by atoms with Crippen molar-refractivity contribution in [3.8, 4) is 0 Å². The first-order valence-electron chi connectivity index (χ1n) is 25.5. The summed E-state index contributed by atoms with van der Waals surface area (Å²) in [4.78, 5) is 12.9. The number of unbranched alkanes of at least 4 members (excludes halogenated alkanes) is 17. The van der Waals surface area contributed by atoms with Crippen LogP contribution in [0.15, 0.2) is 97.2 Å². The molecule has 6 N–H and O–H groups in total. The van der Waals surface area contributed by atoms with Crippen LogP contribution in [-0.2, 0) is 14.3 Å². The summed E-state index contributed by atoms with van der Waals surface area (Å²) >= 11 is 0. The van der Waals surface area contributed by atoms with Gasteiger partial charge in [-0.15, -0.1) is 0 Å². The topological polar surface area (TPSA) is 149 Å². The van der Waals surface area contributed by atoms with Gasteiger partial charge in [-0.1, -0.05) is 201 Å². The van der Waals surface area contributed by atoms with Crippen LogP contribution >= 0.6 is 0 Å². The third kappa shape index (κ3) is 33.6. The zero-order valence-corrected chi connectivity index (χ0v) is 40.2. The minimum Gasteiger partial charge on any atom is -0.394 e. The number of carbonyl (C=O) groups is 1. The number of aliphatic hydroxyl groups is 5. The Labute approximate surface area is 390 Å². The molecule has 0 bridgehead atoms. The molecule has 1 amide bonds. The monoisotopic (exact) mass is 896 g/mol. The van der Waals surface area contributed by atoms with E-state index in [4.69, 9.17) is 9.47 Å². The highest BCUT2D eigenvalue weighted by molar-refractivity contribution is 5.76. The van der Waals surface area contributed by atoms with Crippen LogP contribution in [0.3, 0.4) is 0 Å². The molecule has 0 spiro atoms. The summed E-state index contributed by atoms with van der Waals surface area (Å²) in [6, 6.07) is -0.824. The van der Waals surface area contributed by atoms with Gasteiger partial charge < -0.3 is 40.3 Å². The van der Waals surface area contributed by atoms with Crippen LogP contribution in [0.2, 0.25) is 0 Å². The van der Waals surface area contributed by atoms with Crippen LogP contribution in [0.25, 0.3) is 0 Å². The number of nitrogens with one attached hydrogen (secondary N) is 1. The van der Waals surface area contributed by atoms with Crippen molar-refractivity contribution < 1.29 is 39.8 Å². The van der Waals surface area contributed by atoms with Crippen molar-refractivity contribution in [2.75, 3.05) is 13.2 Å². The number of hydrogen-bond donors (Lipinski definition) is 6. The lowest BCUT2D eigenvalue weighted by molar-refractivity contribution is -0.302. The van der Waals surface area contributed by atoms with Gasteiger partial charge in [0.2, 0.25) is 5.91 Å². The quantitative estimate of drug-likeness (QED) is 0.0262. The van der Waals surface area contributed by atoms with E-state index in [0.29, 0.717) is 6.42 Å². The molecule has 0 radical (unpaired) electrons. The maximum atomic E-state index is 12.9. The molecule has 0 aliphatic carbocycles. The van der Waals surface area contributed by atoms with Gasteiger partial charge in [0, 0.05) is 6.42 Å². The van der Waals surface area contributed by atoms with E-state index in [-0.39, 0.29) is 12.5 Å². The second-order valence-electron chi connectivity index (χ2n) is 17.2.